The molecule has 1 aromatic carbocycles. The van der Waals surface area contributed by atoms with Crippen LogP contribution in [0.4, 0.5) is 0 Å². The molecule has 0 radical (unpaired) electrons. The van der Waals surface area contributed by atoms with Crippen LogP contribution in [0.2, 0.25) is 0 Å². The van der Waals surface area contributed by atoms with Gasteiger partial charge in [0, 0.05) is 6.04 Å². The van der Waals surface area contributed by atoms with E-state index in [0.29, 0.717) is 13.0 Å². The summed E-state index contributed by atoms with van der Waals surface area (Å²) < 4.78 is 7.63. The molecule has 0 bridgehead atoms. The van der Waals surface area contributed by atoms with Gasteiger partial charge in [-0.3, -0.25) is 0 Å². The highest BCUT2D eigenvalue weighted by Gasteiger charge is 2.17. The van der Waals surface area contributed by atoms with E-state index in [4.69, 9.17) is 15.7 Å². The first kappa shape index (κ1) is 18.5. The fourth-order valence-electron chi connectivity index (χ4n) is 1.78. The summed E-state index contributed by atoms with van der Waals surface area (Å²) in [4.78, 5) is 0. The Hall–Kier alpha value is -0.570. The molecule has 0 aliphatic carbocycles. The predicted molar refractivity (Wildman–Crippen MR) is 93.3 cm³/mol. The van der Waals surface area contributed by atoms with Crippen LogP contribution in [0.25, 0.3) is 0 Å². The Labute approximate surface area is 144 Å². The monoisotopic (exact) mass is 416 g/mol. The Morgan fingerprint density at radius 2 is 1.90 bits per heavy atom. The second kappa shape index (κ2) is 8.17. The van der Waals surface area contributed by atoms with Gasteiger partial charge in [-0.1, -0.05) is 6.92 Å². The average molecular weight is 418 g/mol. The van der Waals surface area contributed by atoms with Crippen LogP contribution in [0.5, 0.6) is 5.75 Å². The topological polar surface area (TPSA) is 59.0 Å². The van der Waals surface area contributed by atoms with Crippen LogP contribution in [0.3, 0.4) is 0 Å². The molecule has 0 aliphatic rings. The molecule has 1 aromatic rings. The van der Waals surface area contributed by atoms with Gasteiger partial charge in [-0.2, -0.15) is 5.26 Å². The van der Waals surface area contributed by atoms with Crippen LogP contribution in [0, 0.1) is 16.7 Å². The van der Waals surface area contributed by atoms with Gasteiger partial charge < -0.3 is 10.5 Å². The van der Waals surface area contributed by atoms with Gasteiger partial charge in [0.2, 0.25) is 0 Å². The summed E-state index contributed by atoms with van der Waals surface area (Å²) >= 11 is 7.09. The number of benzene rings is 1. The number of hydrogen-bond acceptors (Lipinski definition) is 3. The van der Waals surface area contributed by atoms with Gasteiger partial charge >= 0.3 is 0 Å². The molecular weight excluding hydrogens is 396 g/mol. The Morgan fingerprint density at radius 3 is 2.38 bits per heavy atom. The molecular formula is C16H22Br2N2O. The maximum Gasteiger partial charge on any atom is 0.147 e. The van der Waals surface area contributed by atoms with Crippen molar-refractivity contribution in [3.63, 3.8) is 0 Å². The minimum Gasteiger partial charge on any atom is -0.491 e. The summed E-state index contributed by atoms with van der Waals surface area (Å²) in [5.41, 5.74) is 6.80. The maximum absolute atomic E-state index is 9.01. The van der Waals surface area contributed by atoms with E-state index in [2.05, 4.69) is 44.9 Å². The van der Waals surface area contributed by atoms with E-state index in [9.17, 15) is 0 Å². The largest absolute Gasteiger partial charge is 0.491 e. The Morgan fingerprint density at radius 1 is 1.33 bits per heavy atom. The highest BCUT2D eigenvalue weighted by atomic mass is 79.9. The third-order valence-corrected chi connectivity index (χ3v) is 4.53. The van der Waals surface area contributed by atoms with Crippen molar-refractivity contribution in [2.45, 2.75) is 46.1 Å². The van der Waals surface area contributed by atoms with Crippen LogP contribution in [-0.2, 0) is 6.42 Å². The van der Waals surface area contributed by atoms with E-state index in [1.165, 1.54) is 5.56 Å². The van der Waals surface area contributed by atoms with Crippen LogP contribution < -0.4 is 10.5 Å². The molecule has 0 saturated heterocycles. The van der Waals surface area contributed by atoms with Gasteiger partial charge in [0.1, 0.15) is 5.75 Å². The third kappa shape index (κ3) is 5.98. The summed E-state index contributed by atoms with van der Waals surface area (Å²) in [6.45, 7) is 6.42. The summed E-state index contributed by atoms with van der Waals surface area (Å²) in [5, 5.41) is 9.01. The smallest absolute Gasteiger partial charge is 0.147 e. The van der Waals surface area contributed by atoms with Crippen LogP contribution in [-0.4, -0.2) is 12.6 Å². The lowest BCUT2D eigenvalue weighted by atomic mass is 9.92. The molecule has 0 saturated carbocycles. The van der Waals surface area contributed by atoms with Gasteiger partial charge in [0.05, 0.1) is 27.0 Å². The van der Waals surface area contributed by atoms with Gasteiger partial charge in [0.15, 0.2) is 0 Å². The quantitative estimate of drug-likeness (QED) is 0.692. The maximum atomic E-state index is 9.01. The van der Waals surface area contributed by atoms with Crippen molar-refractivity contribution in [2.24, 2.45) is 11.1 Å². The molecule has 5 heteroatoms. The number of ether oxygens (including phenoxy) is 1. The van der Waals surface area contributed by atoms with E-state index in [1.807, 2.05) is 26.0 Å². The molecule has 2 N–H and O–H groups in total. The lowest BCUT2D eigenvalue weighted by Crippen LogP contribution is -2.21. The molecule has 0 aliphatic heterocycles. The van der Waals surface area contributed by atoms with Crippen molar-refractivity contribution >= 4 is 31.9 Å². The fraction of sp³-hybridized carbons (Fsp3) is 0.562. The first-order valence-corrected chi connectivity index (χ1v) is 8.65. The first-order chi connectivity index (χ1) is 9.79. The minimum absolute atomic E-state index is 0.173. The standard InChI is InChI=1S/C16H22Br2N2O/c1-4-12(20)7-11-8-13(17)15(14(18)9-11)21-6-5-16(2,3)10-19/h8-9,12H,4-7,20H2,1-3H3. The van der Waals surface area contributed by atoms with Gasteiger partial charge in [-0.15, -0.1) is 0 Å². The number of nitriles is 1. The van der Waals surface area contributed by atoms with Gasteiger partial charge in [-0.05, 0) is 82.7 Å². The van der Waals surface area contributed by atoms with Crippen molar-refractivity contribution in [3.8, 4) is 11.8 Å². The number of hydrogen-bond donors (Lipinski definition) is 1. The predicted octanol–water partition coefficient (Wildman–Crippen LogP) is 4.81. The molecule has 1 unspecified atom stereocenters. The van der Waals surface area contributed by atoms with Crippen molar-refractivity contribution in [3.05, 3.63) is 26.6 Å². The average Bonchev–Trinajstić information content (AvgIpc) is 2.41. The zero-order chi connectivity index (χ0) is 16.0. The van der Waals surface area contributed by atoms with Crippen LogP contribution >= 0.6 is 31.9 Å². The van der Waals surface area contributed by atoms with Gasteiger partial charge in [-0.25, -0.2) is 0 Å². The van der Waals surface area contributed by atoms with Crippen LogP contribution in [0.15, 0.2) is 21.1 Å². The zero-order valence-electron chi connectivity index (χ0n) is 12.7. The summed E-state index contributed by atoms with van der Waals surface area (Å²) in [6, 6.07) is 6.54. The molecule has 0 fully saturated rings. The Bertz CT molecular complexity index is 500. The molecule has 0 spiro atoms. The van der Waals surface area contributed by atoms with E-state index < -0.39 is 0 Å². The summed E-state index contributed by atoms with van der Waals surface area (Å²) in [7, 11) is 0. The number of halogens is 2. The normalized spacial score (nSPS) is 12.8. The second-order valence-electron chi connectivity index (χ2n) is 5.86. The Kier molecular flexibility index (Phi) is 7.19. The van der Waals surface area contributed by atoms with E-state index >= 15 is 0 Å². The lowest BCUT2D eigenvalue weighted by molar-refractivity contribution is 0.261. The molecule has 0 heterocycles. The number of nitrogens with zero attached hydrogens (tertiary/aromatic N) is 1. The molecule has 1 rings (SSSR count). The van der Waals surface area contributed by atoms with E-state index in [1.54, 1.807) is 0 Å². The first-order valence-electron chi connectivity index (χ1n) is 7.06. The Balaban J connectivity index is 2.74. The van der Waals surface area contributed by atoms with Crippen molar-refractivity contribution in [1.82, 2.24) is 0 Å². The molecule has 0 amide bonds. The summed E-state index contributed by atoms with van der Waals surface area (Å²) in [5.74, 6) is 0.776. The van der Waals surface area contributed by atoms with E-state index in [0.717, 1.165) is 27.5 Å². The molecule has 0 aromatic heterocycles. The lowest BCUT2D eigenvalue weighted by Gasteiger charge is -2.17. The molecule has 1 atom stereocenters. The fourth-order valence-corrected chi connectivity index (χ4v) is 3.29. The van der Waals surface area contributed by atoms with Crippen LogP contribution in [0.1, 0.15) is 39.2 Å². The third-order valence-electron chi connectivity index (χ3n) is 3.36. The molecule has 3 nitrogen and oxygen atoms in total. The van der Waals surface area contributed by atoms with E-state index in [-0.39, 0.29) is 11.5 Å². The summed E-state index contributed by atoms with van der Waals surface area (Å²) in [6.07, 6.45) is 2.48. The van der Waals surface area contributed by atoms with Crippen molar-refractivity contribution < 1.29 is 4.74 Å². The number of rotatable bonds is 7. The number of nitrogens with two attached hydrogens (primary N) is 1. The molecule has 116 valence electrons. The highest BCUT2D eigenvalue weighted by molar-refractivity contribution is 9.11. The van der Waals surface area contributed by atoms with Crippen molar-refractivity contribution in [2.75, 3.05) is 6.61 Å². The minimum atomic E-state index is -0.368. The molecule has 21 heavy (non-hydrogen) atoms. The SMILES string of the molecule is CCC(N)Cc1cc(Br)c(OCCC(C)(C)C#N)c(Br)c1. The highest BCUT2D eigenvalue weighted by Crippen LogP contribution is 2.35. The zero-order valence-corrected chi connectivity index (χ0v) is 15.9. The second-order valence-corrected chi connectivity index (χ2v) is 7.56. The van der Waals surface area contributed by atoms with Gasteiger partial charge in [0.25, 0.3) is 0 Å². The van der Waals surface area contributed by atoms with Crippen molar-refractivity contribution in [1.29, 1.82) is 5.26 Å².